The van der Waals surface area contributed by atoms with Crippen LogP contribution >= 0.6 is 0 Å². The zero-order valence-corrected chi connectivity index (χ0v) is 9.00. The van der Waals surface area contributed by atoms with E-state index in [1.165, 1.54) is 44.9 Å². The molecule has 0 aromatic rings. The van der Waals surface area contributed by atoms with E-state index in [4.69, 9.17) is 0 Å². The number of hydrogen-bond donors (Lipinski definition) is 1. The van der Waals surface area contributed by atoms with Crippen molar-refractivity contribution < 1.29 is 4.79 Å². The Morgan fingerprint density at radius 1 is 0.857 bits per heavy atom. The minimum Gasteiger partial charge on any atom is -0.281 e. The van der Waals surface area contributed by atoms with Crippen molar-refractivity contribution in [3.63, 3.8) is 0 Å². The van der Waals surface area contributed by atoms with Crippen molar-refractivity contribution in [2.75, 3.05) is 13.1 Å². The number of nitrogens with zero attached hydrogens (tertiary/aromatic N) is 1. The standard InChI is InChI=1S/C11H22N2O/c14-11-13-10-8-6-4-2-1-3-5-7-9-12-13/h11-12H,1-10H2. The maximum atomic E-state index is 10.6. The van der Waals surface area contributed by atoms with Crippen LogP contribution in [-0.4, -0.2) is 24.5 Å². The molecule has 14 heavy (non-hydrogen) atoms. The summed E-state index contributed by atoms with van der Waals surface area (Å²) >= 11 is 0. The van der Waals surface area contributed by atoms with Crippen molar-refractivity contribution in [3.05, 3.63) is 0 Å². The highest BCUT2D eigenvalue weighted by atomic mass is 16.1. The van der Waals surface area contributed by atoms with Crippen molar-refractivity contribution in [1.29, 1.82) is 0 Å². The molecular formula is C11H22N2O. The van der Waals surface area contributed by atoms with E-state index >= 15 is 0 Å². The van der Waals surface area contributed by atoms with Crippen LogP contribution in [0.3, 0.4) is 0 Å². The normalized spacial score (nSPS) is 22.1. The zero-order valence-electron chi connectivity index (χ0n) is 9.00. The molecule has 3 heteroatoms. The number of carbonyl (C=O) groups excluding carboxylic acids is 1. The van der Waals surface area contributed by atoms with Gasteiger partial charge in [-0.1, -0.05) is 38.5 Å². The lowest BCUT2D eigenvalue weighted by Crippen LogP contribution is -2.38. The van der Waals surface area contributed by atoms with E-state index in [1.807, 2.05) is 0 Å². The Bertz CT molecular complexity index is 138. The SMILES string of the molecule is O=CN1CCCCCCCCCCN1. The van der Waals surface area contributed by atoms with E-state index < -0.39 is 0 Å². The molecular weight excluding hydrogens is 176 g/mol. The Morgan fingerprint density at radius 2 is 1.43 bits per heavy atom. The van der Waals surface area contributed by atoms with Gasteiger partial charge >= 0.3 is 0 Å². The predicted octanol–water partition coefficient (Wildman–Crippen LogP) is 2.08. The number of hydrazine groups is 1. The summed E-state index contributed by atoms with van der Waals surface area (Å²) < 4.78 is 0. The largest absolute Gasteiger partial charge is 0.281 e. The van der Waals surface area contributed by atoms with E-state index in [0.29, 0.717) is 0 Å². The Hall–Kier alpha value is -0.570. The second-order valence-corrected chi connectivity index (χ2v) is 4.04. The van der Waals surface area contributed by atoms with Crippen LogP contribution in [0.2, 0.25) is 0 Å². The summed E-state index contributed by atoms with van der Waals surface area (Å²) in [5, 5.41) is 1.70. The highest BCUT2D eigenvalue weighted by molar-refractivity contribution is 5.45. The van der Waals surface area contributed by atoms with Gasteiger partial charge in [-0.25, -0.2) is 5.43 Å². The maximum absolute atomic E-state index is 10.6. The van der Waals surface area contributed by atoms with Gasteiger partial charge in [-0.15, -0.1) is 0 Å². The summed E-state index contributed by atoms with van der Waals surface area (Å²) in [5.74, 6) is 0. The molecule has 1 amide bonds. The summed E-state index contributed by atoms with van der Waals surface area (Å²) in [6.45, 7) is 1.81. The number of rotatable bonds is 1. The third kappa shape index (κ3) is 5.22. The summed E-state index contributed by atoms with van der Waals surface area (Å²) in [7, 11) is 0. The van der Waals surface area contributed by atoms with Crippen molar-refractivity contribution in [2.24, 2.45) is 0 Å². The number of carbonyl (C=O) groups is 1. The van der Waals surface area contributed by atoms with Gasteiger partial charge < -0.3 is 0 Å². The van der Waals surface area contributed by atoms with Crippen LogP contribution in [0, 0.1) is 0 Å². The fourth-order valence-electron chi connectivity index (χ4n) is 1.86. The first kappa shape index (κ1) is 11.5. The van der Waals surface area contributed by atoms with E-state index in [2.05, 4.69) is 5.43 Å². The first-order chi connectivity index (χ1) is 6.93. The molecule has 1 N–H and O–H groups in total. The van der Waals surface area contributed by atoms with Gasteiger partial charge in [0, 0.05) is 13.1 Å². The van der Waals surface area contributed by atoms with Gasteiger partial charge in [0.1, 0.15) is 0 Å². The summed E-state index contributed by atoms with van der Waals surface area (Å²) in [6.07, 6.45) is 11.2. The van der Waals surface area contributed by atoms with Crippen molar-refractivity contribution >= 4 is 6.41 Å². The molecule has 0 aromatic heterocycles. The molecule has 0 bridgehead atoms. The lowest BCUT2D eigenvalue weighted by molar-refractivity contribution is -0.121. The average Bonchev–Trinajstić information content (AvgIpc) is 2.19. The molecule has 0 unspecified atom stereocenters. The first-order valence-electron chi connectivity index (χ1n) is 5.89. The molecule has 0 atom stereocenters. The number of hydrogen-bond acceptors (Lipinski definition) is 2. The van der Waals surface area contributed by atoms with Gasteiger partial charge in [-0.2, -0.15) is 0 Å². The van der Waals surface area contributed by atoms with Crippen LogP contribution in [0.15, 0.2) is 0 Å². The molecule has 1 fully saturated rings. The molecule has 0 saturated carbocycles. The summed E-state index contributed by atoms with van der Waals surface area (Å²) in [5.41, 5.74) is 3.15. The lowest BCUT2D eigenvalue weighted by atomic mass is 10.1. The molecule has 1 heterocycles. The molecule has 1 aliphatic rings. The third-order valence-electron chi connectivity index (χ3n) is 2.77. The summed E-state index contributed by atoms with van der Waals surface area (Å²) in [4.78, 5) is 10.6. The Morgan fingerprint density at radius 3 is 2.07 bits per heavy atom. The number of nitrogens with one attached hydrogen (secondary N) is 1. The smallest absolute Gasteiger partial charge is 0.223 e. The van der Waals surface area contributed by atoms with E-state index in [-0.39, 0.29) is 0 Å². The van der Waals surface area contributed by atoms with Crippen molar-refractivity contribution in [1.82, 2.24) is 10.4 Å². The van der Waals surface area contributed by atoms with Gasteiger partial charge in [-0.05, 0) is 12.8 Å². The van der Waals surface area contributed by atoms with E-state index in [9.17, 15) is 4.79 Å². The molecule has 0 spiro atoms. The predicted molar refractivity (Wildman–Crippen MR) is 57.7 cm³/mol. The average molecular weight is 198 g/mol. The van der Waals surface area contributed by atoms with E-state index in [1.54, 1.807) is 5.01 Å². The van der Waals surface area contributed by atoms with Crippen molar-refractivity contribution in [2.45, 2.75) is 51.4 Å². The fraction of sp³-hybridized carbons (Fsp3) is 0.909. The highest BCUT2D eigenvalue weighted by Gasteiger charge is 2.01. The van der Waals surface area contributed by atoms with Gasteiger partial charge in [0.15, 0.2) is 0 Å². The fourth-order valence-corrected chi connectivity index (χ4v) is 1.86. The molecule has 1 rings (SSSR count). The molecule has 0 radical (unpaired) electrons. The van der Waals surface area contributed by atoms with Crippen LogP contribution in [0.5, 0.6) is 0 Å². The van der Waals surface area contributed by atoms with Crippen LogP contribution in [0.25, 0.3) is 0 Å². The van der Waals surface area contributed by atoms with Gasteiger partial charge in [0.25, 0.3) is 0 Å². The summed E-state index contributed by atoms with van der Waals surface area (Å²) in [6, 6.07) is 0. The second kappa shape index (κ2) is 7.80. The molecule has 82 valence electrons. The minimum atomic E-state index is 0.865. The van der Waals surface area contributed by atoms with Crippen LogP contribution in [0.4, 0.5) is 0 Å². The monoisotopic (exact) mass is 198 g/mol. The molecule has 3 nitrogen and oxygen atoms in total. The Kier molecular flexibility index (Phi) is 6.41. The Balaban J connectivity index is 2.20. The maximum Gasteiger partial charge on any atom is 0.223 e. The quantitative estimate of drug-likeness (QED) is 0.654. The van der Waals surface area contributed by atoms with Crippen LogP contribution < -0.4 is 5.43 Å². The Labute approximate surface area is 86.8 Å². The lowest BCUT2D eigenvalue weighted by Gasteiger charge is -2.19. The van der Waals surface area contributed by atoms with E-state index in [0.717, 1.165) is 25.9 Å². The third-order valence-corrected chi connectivity index (χ3v) is 2.77. The zero-order chi connectivity index (χ0) is 10.1. The van der Waals surface area contributed by atoms with Gasteiger partial charge in [-0.3, -0.25) is 9.80 Å². The second-order valence-electron chi connectivity index (χ2n) is 4.04. The minimum absolute atomic E-state index is 0.865. The van der Waals surface area contributed by atoms with Crippen LogP contribution in [-0.2, 0) is 4.79 Å². The van der Waals surface area contributed by atoms with Crippen LogP contribution in [0.1, 0.15) is 51.4 Å². The molecule has 1 aliphatic heterocycles. The first-order valence-corrected chi connectivity index (χ1v) is 5.89. The van der Waals surface area contributed by atoms with Gasteiger partial charge in [0.05, 0.1) is 0 Å². The molecule has 0 aromatic carbocycles. The topological polar surface area (TPSA) is 32.3 Å². The highest BCUT2D eigenvalue weighted by Crippen LogP contribution is 2.09. The number of amides is 1. The van der Waals surface area contributed by atoms with Crippen molar-refractivity contribution in [3.8, 4) is 0 Å². The van der Waals surface area contributed by atoms with Gasteiger partial charge in [0.2, 0.25) is 6.41 Å². The molecule has 1 saturated heterocycles. The molecule has 0 aliphatic carbocycles.